The fraction of sp³-hybridized carbons (Fsp3) is 0.591. The molecule has 0 radical (unpaired) electrons. The normalized spacial score (nSPS) is 20.5. The van der Waals surface area contributed by atoms with Gasteiger partial charge in [-0.25, -0.2) is 19.7 Å². The summed E-state index contributed by atoms with van der Waals surface area (Å²) in [5, 5.41) is 3.49. The number of aromatic nitrogens is 4. The van der Waals surface area contributed by atoms with Gasteiger partial charge in [-0.2, -0.15) is 4.98 Å². The first-order valence-electron chi connectivity index (χ1n) is 11.1. The predicted molar refractivity (Wildman–Crippen MR) is 120 cm³/mol. The summed E-state index contributed by atoms with van der Waals surface area (Å²) >= 11 is 0. The van der Waals surface area contributed by atoms with Crippen LogP contribution in [0.3, 0.4) is 0 Å². The third-order valence-corrected chi connectivity index (χ3v) is 5.42. The second-order valence-electron chi connectivity index (χ2n) is 9.08. The average Bonchev–Trinajstić information content (AvgIpc) is 3.13. The molecule has 0 aromatic carbocycles. The van der Waals surface area contributed by atoms with Crippen LogP contribution in [0.5, 0.6) is 5.88 Å². The van der Waals surface area contributed by atoms with Crippen molar-refractivity contribution in [2.45, 2.75) is 65.3 Å². The highest BCUT2D eigenvalue weighted by Gasteiger charge is 2.35. The van der Waals surface area contributed by atoms with Crippen molar-refractivity contribution in [3.8, 4) is 5.88 Å². The van der Waals surface area contributed by atoms with Gasteiger partial charge < -0.3 is 24.6 Å². The van der Waals surface area contributed by atoms with E-state index in [4.69, 9.17) is 9.47 Å². The molecule has 1 amide bonds. The second kappa shape index (κ2) is 8.76. The Morgan fingerprint density at radius 2 is 1.97 bits per heavy atom. The zero-order chi connectivity index (χ0) is 22.9. The van der Waals surface area contributed by atoms with Crippen LogP contribution in [0.25, 0.3) is 0 Å². The first kappa shape index (κ1) is 22.0. The van der Waals surface area contributed by atoms with Gasteiger partial charge in [0.25, 0.3) is 0 Å². The van der Waals surface area contributed by atoms with E-state index in [-0.39, 0.29) is 18.4 Å². The summed E-state index contributed by atoms with van der Waals surface area (Å²) in [7, 11) is 0. The van der Waals surface area contributed by atoms with Gasteiger partial charge in [0.05, 0.1) is 6.54 Å². The largest absolute Gasteiger partial charge is 0.471 e. The number of anilines is 2. The van der Waals surface area contributed by atoms with Crippen LogP contribution < -0.4 is 15.0 Å². The number of ether oxygens (including phenoxy) is 2. The molecule has 10 nitrogen and oxygen atoms in total. The number of hydrogen-bond acceptors (Lipinski definition) is 9. The SMILES string of the molecule is CCN1c2ncnc(OC3CCCN(C(=O)OC(C)(C)C)C3)c2NC1c1cnc(C)nc1. The van der Waals surface area contributed by atoms with Gasteiger partial charge >= 0.3 is 6.09 Å². The van der Waals surface area contributed by atoms with Gasteiger partial charge in [-0.15, -0.1) is 0 Å². The Morgan fingerprint density at radius 1 is 1.22 bits per heavy atom. The van der Waals surface area contributed by atoms with E-state index >= 15 is 0 Å². The van der Waals surface area contributed by atoms with E-state index in [1.54, 1.807) is 4.90 Å². The number of fused-ring (bicyclic) bond motifs is 1. The van der Waals surface area contributed by atoms with Crippen LogP contribution in [0.4, 0.5) is 16.3 Å². The van der Waals surface area contributed by atoms with Gasteiger partial charge in [0.15, 0.2) is 5.82 Å². The zero-order valence-corrected chi connectivity index (χ0v) is 19.3. The molecular formula is C22H31N7O3. The van der Waals surface area contributed by atoms with Crippen molar-refractivity contribution in [3.05, 3.63) is 30.1 Å². The third kappa shape index (κ3) is 4.68. The Morgan fingerprint density at radius 3 is 2.66 bits per heavy atom. The topological polar surface area (TPSA) is 106 Å². The summed E-state index contributed by atoms with van der Waals surface area (Å²) in [6.45, 7) is 11.4. The lowest BCUT2D eigenvalue weighted by molar-refractivity contribution is 0.00731. The molecule has 32 heavy (non-hydrogen) atoms. The molecule has 0 saturated carbocycles. The minimum absolute atomic E-state index is 0.153. The Hall–Kier alpha value is -3.17. The molecule has 1 N–H and O–H groups in total. The van der Waals surface area contributed by atoms with Gasteiger partial charge in [-0.1, -0.05) is 0 Å². The van der Waals surface area contributed by atoms with Crippen molar-refractivity contribution in [1.82, 2.24) is 24.8 Å². The third-order valence-electron chi connectivity index (χ3n) is 5.42. The van der Waals surface area contributed by atoms with Gasteiger partial charge in [-0.3, -0.25) is 0 Å². The molecule has 1 fully saturated rings. The van der Waals surface area contributed by atoms with Crippen molar-refractivity contribution in [3.63, 3.8) is 0 Å². The average molecular weight is 442 g/mol. The van der Waals surface area contributed by atoms with Gasteiger partial charge in [-0.05, 0) is 47.5 Å². The van der Waals surface area contributed by atoms with E-state index in [1.165, 1.54) is 6.33 Å². The fourth-order valence-corrected chi connectivity index (χ4v) is 3.96. The molecule has 4 rings (SSSR count). The molecule has 4 heterocycles. The van der Waals surface area contributed by atoms with Gasteiger partial charge in [0.1, 0.15) is 35.7 Å². The molecule has 2 aromatic heterocycles. The quantitative estimate of drug-likeness (QED) is 0.765. The molecular weight excluding hydrogens is 410 g/mol. The van der Waals surface area contributed by atoms with Crippen LogP contribution in [0.2, 0.25) is 0 Å². The van der Waals surface area contributed by atoms with Gasteiger partial charge in [0, 0.05) is 31.0 Å². The molecule has 2 aromatic rings. The molecule has 1 saturated heterocycles. The van der Waals surface area contributed by atoms with E-state index < -0.39 is 5.60 Å². The Balaban J connectivity index is 1.50. The highest BCUT2D eigenvalue weighted by Crippen LogP contribution is 2.43. The smallest absolute Gasteiger partial charge is 0.410 e. The molecule has 10 heteroatoms. The van der Waals surface area contributed by atoms with E-state index in [0.717, 1.165) is 42.3 Å². The summed E-state index contributed by atoms with van der Waals surface area (Å²) in [6.07, 6.45) is 6.20. The second-order valence-corrected chi connectivity index (χ2v) is 9.08. The van der Waals surface area contributed by atoms with Crippen LogP contribution in [-0.2, 0) is 4.74 Å². The maximum Gasteiger partial charge on any atom is 0.410 e. The lowest BCUT2D eigenvalue weighted by atomic mass is 10.1. The summed E-state index contributed by atoms with van der Waals surface area (Å²) in [5.74, 6) is 1.99. The first-order valence-corrected chi connectivity index (χ1v) is 11.1. The number of amides is 1. The number of carbonyl (C=O) groups is 1. The number of nitrogens with zero attached hydrogens (tertiary/aromatic N) is 6. The monoisotopic (exact) mass is 441 g/mol. The van der Waals surface area contributed by atoms with Crippen LogP contribution in [-0.4, -0.2) is 62.3 Å². The number of carbonyl (C=O) groups excluding carboxylic acids is 1. The van der Waals surface area contributed by atoms with Crippen molar-refractivity contribution in [2.75, 3.05) is 29.9 Å². The number of aryl methyl sites for hydroxylation is 1. The van der Waals surface area contributed by atoms with E-state index in [1.807, 2.05) is 40.1 Å². The number of nitrogens with one attached hydrogen (secondary N) is 1. The molecule has 2 aliphatic heterocycles. The Bertz CT molecular complexity index is 961. The standard InChI is InChI=1S/C22H31N7O3/c1-6-29-18(15-10-23-14(2)24-11-15)27-17-19(29)25-13-26-20(17)31-16-8-7-9-28(12-16)21(30)32-22(3,4)5/h10-11,13,16,18,27H,6-9,12H2,1-5H3. The highest BCUT2D eigenvalue weighted by molar-refractivity contribution is 5.77. The van der Waals surface area contributed by atoms with E-state index in [2.05, 4.69) is 37.1 Å². The van der Waals surface area contributed by atoms with Crippen LogP contribution in [0, 0.1) is 6.92 Å². The van der Waals surface area contributed by atoms with Crippen molar-refractivity contribution >= 4 is 17.6 Å². The maximum absolute atomic E-state index is 12.5. The van der Waals surface area contributed by atoms with Gasteiger partial charge in [0.2, 0.25) is 5.88 Å². The Labute approximate surface area is 188 Å². The molecule has 0 bridgehead atoms. The van der Waals surface area contributed by atoms with Crippen molar-refractivity contribution in [1.29, 1.82) is 0 Å². The summed E-state index contributed by atoms with van der Waals surface area (Å²) < 4.78 is 11.8. The fourth-order valence-electron chi connectivity index (χ4n) is 3.96. The number of likely N-dealkylation sites (tertiary alicyclic amines) is 1. The van der Waals surface area contributed by atoms with Crippen LogP contribution in [0.1, 0.15) is 58.1 Å². The summed E-state index contributed by atoms with van der Waals surface area (Å²) in [5.41, 5.74) is 1.16. The Kier molecular flexibility index (Phi) is 6.03. The number of hydrogen-bond donors (Lipinski definition) is 1. The van der Waals surface area contributed by atoms with Crippen molar-refractivity contribution < 1.29 is 14.3 Å². The number of rotatable bonds is 4. The lowest BCUT2D eigenvalue weighted by Crippen LogP contribution is -2.46. The van der Waals surface area contributed by atoms with E-state index in [0.29, 0.717) is 19.0 Å². The lowest BCUT2D eigenvalue weighted by Gasteiger charge is -2.34. The molecule has 0 spiro atoms. The predicted octanol–water partition coefficient (Wildman–Crippen LogP) is 3.30. The summed E-state index contributed by atoms with van der Waals surface area (Å²) in [4.78, 5) is 33.9. The molecule has 2 unspecified atom stereocenters. The van der Waals surface area contributed by atoms with Crippen molar-refractivity contribution in [2.24, 2.45) is 0 Å². The summed E-state index contributed by atoms with van der Waals surface area (Å²) in [6, 6.07) is 0. The van der Waals surface area contributed by atoms with Crippen LogP contribution >= 0.6 is 0 Å². The first-order chi connectivity index (χ1) is 15.2. The highest BCUT2D eigenvalue weighted by atomic mass is 16.6. The molecule has 2 atom stereocenters. The van der Waals surface area contributed by atoms with E-state index in [9.17, 15) is 4.79 Å². The number of piperidine rings is 1. The zero-order valence-electron chi connectivity index (χ0n) is 19.3. The molecule has 2 aliphatic rings. The maximum atomic E-state index is 12.5. The minimum Gasteiger partial charge on any atom is -0.471 e. The van der Waals surface area contributed by atoms with Crippen LogP contribution in [0.15, 0.2) is 18.7 Å². The molecule has 0 aliphatic carbocycles. The minimum atomic E-state index is -0.527. The molecule has 172 valence electrons.